The van der Waals surface area contributed by atoms with Crippen molar-refractivity contribution in [2.24, 2.45) is 0 Å². The number of para-hydroxylation sites is 1. The third kappa shape index (κ3) is 3.01. The SMILES string of the molecule is O=C(NC1COCC1n1ncccc1=O)c1ccc2ccccc2n1. The second kappa shape index (κ2) is 6.45. The molecule has 1 N–H and O–H groups in total. The summed E-state index contributed by atoms with van der Waals surface area (Å²) in [4.78, 5) is 28.9. The van der Waals surface area contributed by atoms with Gasteiger partial charge in [-0.15, -0.1) is 0 Å². The summed E-state index contributed by atoms with van der Waals surface area (Å²) in [6, 6.07) is 13.5. The van der Waals surface area contributed by atoms with E-state index in [-0.39, 0.29) is 23.6 Å². The van der Waals surface area contributed by atoms with Crippen LogP contribution in [-0.2, 0) is 4.74 Å². The number of carbonyl (C=O) groups excluding carboxylic acids is 1. The Morgan fingerprint density at radius 2 is 2.00 bits per heavy atom. The number of aromatic nitrogens is 3. The van der Waals surface area contributed by atoms with Crippen LogP contribution in [0.3, 0.4) is 0 Å². The molecule has 3 heterocycles. The number of benzene rings is 1. The van der Waals surface area contributed by atoms with Gasteiger partial charge in [-0.1, -0.05) is 24.3 Å². The summed E-state index contributed by atoms with van der Waals surface area (Å²) < 4.78 is 6.80. The number of carbonyl (C=O) groups is 1. The molecule has 2 atom stereocenters. The number of ether oxygens (including phenoxy) is 1. The Labute approximate surface area is 143 Å². The van der Waals surface area contributed by atoms with Crippen LogP contribution in [0.25, 0.3) is 10.9 Å². The minimum Gasteiger partial charge on any atom is -0.377 e. The third-order valence-corrected chi connectivity index (χ3v) is 4.25. The lowest BCUT2D eigenvalue weighted by atomic mass is 10.1. The van der Waals surface area contributed by atoms with E-state index in [2.05, 4.69) is 15.4 Å². The summed E-state index contributed by atoms with van der Waals surface area (Å²) >= 11 is 0. The average molecular weight is 336 g/mol. The second-order valence-corrected chi connectivity index (χ2v) is 5.88. The van der Waals surface area contributed by atoms with E-state index in [1.165, 1.54) is 10.7 Å². The summed E-state index contributed by atoms with van der Waals surface area (Å²) in [5.41, 5.74) is 0.870. The van der Waals surface area contributed by atoms with E-state index < -0.39 is 0 Å². The van der Waals surface area contributed by atoms with E-state index in [1.807, 2.05) is 30.3 Å². The zero-order chi connectivity index (χ0) is 17.2. The monoisotopic (exact) mass is 336 g/mol. The molecule has 4 rings (SSSR count). The Hall–Kier alpha value is -3.06. The Morgan fingerprint density at radius 3 is 2.88 bits per heavy atom. The Kier molecular flexibility index (Phi) is 3.99. The normalized spacial score (nSPS) is 19.8. The number of nitrogens with one attached hydrogen (secondary N) is 1. The smallest absolute Gasteiger partial charge is 0.270 e. The minimum absolute atomic E-state index is 0.221. The number of hydrogen-bond donors (Lipinski definition) is 1. The van der Waals surface area contributed by atoms with Crippen LogP contribution in [-0.4, -0.2) is 39.9 Å². The van der Waals surface area contributed by atoms with E-state index in [4.69, 9.17) is 4.74 Å². The molecule has 0 aliphatic carbocycles. The summed E-state index contributed by atoms with van der Waals surface area (Å²) in [5.74, 6) is -0.296. The van der Waals surface area contributed by atoms with E-state index in [1.54, 1.807) is 18.3 Å². The van der Waals surface area contributed by atoms with Gasteiger partial charge in [-0.25, -0.2) is 9.67 Å². The molecule has 25 heavy (non-hydrogen) atoms. The fourth-order valence-electron chi connectivity index (χ4n) is 2.97. The van der Waals surface area contributed by atoms with Crippen LogP contribution in [0.15, 0.2) is 59.5 Å². The van der Waals surface area contributed by atoms with Crippen LogP contribution in [0.5, 0.6) is 0 Å². The number of hydrogen-bond acceptors (Lipinski definition) is 5. The van der Waals surface area contributed by atoms with Crippen LogP contribution in [0.1, 0.15) is 16.5 Å². The van der Waals surface area contributed by atoms with Gasteiger partial charge in [0, 0.05) is 17.6 Å². The van der Waals surface area contributed by atoms with Gasteiger partial charge in [0.1, 0.15) is 11.7 Å². The maximum Gasteiger partial charge on any atom is 0.270 e. The predicted molar refractivity (Wildman–Crippen MR) is 91.4 cm³/mol. The number of fused-ring (bicyclic) bond motifs is 1. The molecule has 2 aromatic heterocycles. The molecule has 0 radical (unpaired) electrons. The zero-order valence-electron chi connectivity index (χ0n) is 13.3. The van der Waals surface area contributed by atoms with Crippen molar-refractivity contribution in [1.29, 1.82) is 0 Å². The highest BCUT2D eigenvalue weighted by Gasteiger charge is 2.32. The van der Waals surface area contributed by atoms with Crippen molar-refractivity contribution in [3.8, 4) is 0 Å². The molecule has 1 aliphatic heterocycles. The molecule has 1 aliphatic rings. The highest BCUT2D eigenvalue weighted by atomic mass is 16.5. The molecule has 126 valence electrons. The Morgan fingerprint density at radius 1 is 1.12 bits per heavy atom. The topological polar surface area (TPSA) is 86.1 Å². The standard InChI is InChI=1S/C18H16N4O3/c23-17-6-3-9-19-22(17)16-11-25-10-15(16)21-18(24)14-8-7-12-4-1-2-5-13(12)20-14/h1-9,15-16H,10-11H2,(H,21,24). The van der Waals surface area contributed by atoms with E-state index in [0.29, 0.717) is 18.9 Å². The summed E-state index contributed by atoms with van der Waals surface area (Å²) in [5, 5.41) is 7.97. The number of rotatable bonds is 3. The molecule has 0 bridgehead atoms. The van der Waals surface area contributed by atoms with Crippen molar-refractivity contribution in [3.05, 3.63) is 70.8 Å². The van der Waals surface area contributed by atoms with Crippen molar-refractivity contribution in [1.82, 2.24) is 20.1 Å². The molecule has 0 saturated carbocycles. The maximum atomic E-state index is 12.6. The fraction of sp³-hybridized carbons (Fsp3) is 0.222. The van der Waals surface area contributed by atoms with Crippen LogP contribution in [0.2, 0.25) is 0 Å². The van der Waals surface area contributed by atoms with Gasteiger partial charge < -0.3 is 10.1 Å². The molecular formula is C18H16N4O3. The third-order valence-electron chi connectivity index (χ3n) is 4.25. The lowest BCUT2D eigenvalue weighted by Gasteiger charge is -2.19. The highest BCUT2D eigenvalue weighted by molar-refractivity contribution is 5.95. The van der Waals surface area contributed by atoms with Crippen molar-refractivity contribution in [2.45, 2.75) is 12.1 Å². The van der Waals surface area contributed by atoms with E-state index in [0.717, 1.165) is 10.9 Å². The number of pyridine rings is 1. The quantitative estimate of drug-likeness (QED) is 0.776. The molecule has 7 nitrogen and oxygen atoms in total. The molecular weight excluding hydrogens is 320 g/mol. The first-order valence-corrected chi connectivity index (χ1v) is 8.00. The van der Waals surface area contributed by atoms with Crippen molar-refractivity contribution >= 4 is 16.8 Å². The number of amides is 1. The largest absolute Gasteiger partial charge is 0.377 e. The molecule has 2 unspecified atom stereocenters. The van der Waals surface area contributed by atoms with Crippen LogP contribution in [0.4, 0.5) is 0 Å². The van der Waals surface area contributed by atoms with E-state index in [9.17, 15) is 9.59 Å². The first kappa shape index (κ1) is 15.5. The molecule has 3 aromatic rings. The zero-order valence-corrected chi connectivity index (χ0v) is 13.3. The summed E-state index contributed by atoms with van der Waals surface area (Å²) in [6.45, 7) is 0.653. The van der Waals surface area contributed by atoms with Crippen LogP contribution >= 0.6 is 0 Å². The van der Waals surface area contributed by atoms with Crippen molar-refractivity contribution in [2.75, 3.05) is 13.2 Å². The van der Waals surface area contributed by atoms with Gasteiger partial charge in [-0.2, -0.15) is 5.10 Å². The fourth-order valence-corrected chi connectivity index (χ4v) is 2.97. The van der Waals surface area contributed by atoms with Gasteiger partial charge in [-0.3, -0.25) is 9.59 Å². The second-order valence-electron chi connectivity index (χ2n) is 5.88. The van der Waals surface area contributed by atoms with Crippen LogP contribution in [0, 0.1) is 0 Å². The van der Waals surface area contributed by atoms with Gasteiger partial charge in [-0.05, 0) is 18.2 Å². The maximum absolute atomic E-state index is 12.6. The molecule has 1 saturated heterocycles. The van der Waals surface area contributed by atoms with Gasteiger partial charge in [0.25, 0.3) is 11.5 Å². The lowest BCUT2D eigenvalue weighted by Crippen LogP contribution is -2.44. The van der Waals surface area contributed by atoms with Crippen molar-refractivity contribution in [3.63, 3.8) is 0 Å². The molecule has 1 aromatic carbocycles. The first-order valence-electron chi connectivity index (χ1n) is 8.00. The molecule has 1 fully saturated rings. The summed E-state index contributed by atoms with van der Waals surface area (Å²) in [6.07, 6.45) is 1.55. The lowest BCUT2D eigenvalue weighted by molar-refractivity contribution is 0.0920. The Balaban J connectivity index is 1.56. The molecule has 1 amide bonds. The average Bonchev–Trinajstić information content (AvgIpc) is 3.09. The van der Waals surface area contributed by atoms with E-state index >= 15 is 0 Å². The highest BCUT2D eigenvalue weighted by Crippen LogP contribution is 2.18. The first-order chi connectivity index (χ1) is 12.2. The van der Waals surface area contributed by atoms with Gasteiger partial charge >= 0.3 is 0 Å². The minimum atomic E-state index is -0.339. The molecule has 7 heteroatoms. The van der Waals surface area contributed by atoms with Crippen molar-refractivity contribution < 1.29 is 9.53 Å². The molecule has 0 spiro atoms. The Bertz CT molecular complexity index is 985. The number of nitrogens with zero attached hydrogens (tertiary/aromatic N) is 3. The van der Waals surface area contributed by atoms with Gasteiger partial charge in [0.05, 0.1) is 24.8 Å². The predicted octanol–water partition coefficient (Wildman–Crippen LogP) is 1.16. The summed E-state index contributed by atoms with van der Waals surface area (Å²) in [7, 11) is 0. The van der Waals surface area contributed by atoms with Gasteiger partial charge in [0.15, 0.2) is 0 Å². The van der Waals surface area contributed by atoms with Gasteiger partial charge in [0.2, 0.25) is 0 Å². The van der Waals surface area contributed by atoms with Crippen LogP contribution < -0.4 is 10.9 Å².